The largest absolute Gasteiger partial charge is 0.482 e. The van der Waals surface area contributed by atoms with Crippen LogP contribution in [0.5, 0.6) is 5.75 Å². The van der Waals surface area contributed by atoms with Crippen molar-refractivity contribution in [1.82, 2.24) is 0 Å². The van der Waals surface area contributed by atoms with E-state index in [0.717, 1.165) is 0 Å². The minimum absolute atomic E-state index is 0.0323. The van der Waals surface area contributed by atoms with Crippen LogP contribution in [0.2, 0.25) is 0 Å². The maximum absolute atomic E-state index is 12.6. The van der Waals surface area contributed by atoms with Crippen molar-refractivity contribution in [3.63, 3.8) is 0 Å². The van der Waals surface area contributed by atoms with Gasteiger partial charge in [-0.2, -0.15) is 0 Å². The summed E-state index contributed by atoms with van der Waals surface area (Å²) in [5.74, 6) is -0.637. The Morgan fingerprint density at radius 3 is 2.32 bits per heavy atom. The SMILES string of the molecule is CCOC(=O)c1ccc(NS(=O)(=O)c2ccc(OCC(=O)OC)c(C)c2)cc1. The molecule has 2 aromatic rings. The van der Waals surface area contributed by atoms with Crippen LogP contribution >= 0.6 is 0 Å². The van der Waals surface area contributed by atoms with E-state index in [0.29, 0.717) is 22.6 Å². The molecule has 0 atom stereocenters. The predicted octanol–water partition coefficient (Wildman–Crippen LogP) is 2.52. The second-order valence-corrected chi connectivity index (χ2v) is 7.38. The van der Waals surface area contributed by atoms with Crippen LogP contribution in [0.3, 0.4) is 0 Å². The zero-order valence-electron chi connectivity index (χ0n) is 15.7. The van der Waals surface area contributed by atoms with Crippen molar-refractivity contribution < 1.29 is 32.2 Å². The molecule has 0 radical (unpaired) electrons. The van der Waals surface area contributed by atoms with Gasteiger partial charge in [0.2, 0.25) is 0 Å². The first-order valence-electron chi connectivity index (χ1n) is 8.37. The van der Waals surface area contributed by atoms with Crippen LogP contribution in [0.25, 0.3) is 0 Å². The fourth-order valence-corrected chi connectivity index (χ4v) is 3.39. The first-order chi connectivity index (χ1) is 13.3. The highest BCUT2D eigenvalue weighted by molar-refractivity contribution is 7.92. The molecule has 0 saturated heterocycles. The molecule has 0 aliphatic heterocycles. The van der Waals surface area contributed by atoms with Gasteiger partial charge in [0.1, 0.15) is 5.75 Å². The van der Waals surface area contributed by atoms with Gasteiger partial charge >= 0.3 is 11.9 Å². The molecule has 0 unspecified atom stereocenters. The van der Waals surface area contributed by atoms with Gasteiger partial charge < -0.3 is 14.2 Å². The average molecular weight is 407 g/mol. The number of ether oxygens (including phenoxy) is 3. The highest BCUT2D eigenvalue weighted by Crippen LogP contribution is 2.24. The fraction of sp³-hybridized carbons (Fsp3) is 0.263. The van der Waals surface area contributed by atoms with Gasteiger partial charge in [-0.25, -0.2) is 18.0 Å². The number of sulfonamides is 1. The van der Waals surface area contributed by atoms with Crippen molar-refractivity contribution in [2.45, 2.75) is 18.7 Å². The van der Waals surface area contributed by atoms with Crippen LogP contribution in [0, 0.1) is 6.92 Å². The molecule has 8 nitrogen and oxygen atoms in total. The van der Waals surface area contributed by atoms with E-state index < -0.39 is 22.0 Å². The lowest BCUT2D eigenvalue weighted by molar-refractivity contribution is -0.142. The zero-order valence-corrected chi connectivity index (χ0v) is 16.5. The number of rotatable bonds is 8. The quantitative estimate of drug-likeness (QED) is 0.670. The van der Waals surface area contributed by atoms with Crippen LogP contribution in [0.1, 0.15) is 22.8 Å². The van der Waals surface area contributed by atoms with Crippen LogP contribution in [0.4, 0.5) is 5.69 Å². The number of carbonyl (C=O) groups is 2. The molecule has 2 rings (SSSR count). The molecule has 0 aromatic heterocycles. The van der Waals surface area contributed by atoms with E-state index in [2.05, 4.69) is 9.46 Å². The third-order valence-corrected chi connectivity index (χ3v) is 5.06. The lowest BCUT2D eigenvalue weighted by Crippen LogP contribution is -2.15. The number of hydrogen-bond acceptors (Lipinski definition) is 7. The maximum Gasteiger partial charge on any atom is 0.343 e. The molecule has 0 saturated carbocycles. The molecule has 0 bridgehead atoms. The Kier molecular flexibility index (Phi) is 7.00. The first kappa shape index (κ1) is 21.2. The third-order valence-electron chi connectivity index (χ3n) is 3.68. The van der Waals surface area contributed by atoms with Gasteiger partial charge in [0.05, 0.1) is 24.2 Å². The van der Waals surface area contributed by atoms with Crippen molar-refractivity contribution in [1.29, 1.82) is 0 Å². The second kappa shape index (κ2) is 9.23. The van der Waals surface area contributed by atoms with Gasteiger partial charge in [0.15, 0.2) is 6.61 Å². The van der Waals surface area contributed by atoms with Gasteiger partial charge in [-0.15, -0.1) is 0 Å². The molecule has 28 heavy (non-hydrogen) atoms. The second-order valence-electron chi connectivity index (χ2n) is 5.70. The van der Waals surface area contributed by atoms with E-state index in [-0.39, 0.29) is 18.1 Å². The third kappa shape index (κ3) is 5.46. The summed E-state index contributed by atoms with van der Waals surface area (Å²) in [6.07, 6.45) is 0. The predicted molar refractivity (Wildman–Crippen MR) is 102 cm³/mol. The molecule has 9 heteroatoms. The number of benzene rings is 2. The van der Waals surface area contributed by atoms with Crippen molar-refractivity contribution >= 4 is 27.6 Å². The van der Waals surface area contributed by atoms with Crippen molar-refractivity contribution in [2.75, 3.05) is 25.0 Å². The molecular formula is C19H21NO7S. The van der Waals surface area contributed by atoms with Crippen molar-refractivity contribution in [3.8, 4) is 5.75 Å². The summed E-state index contributed by atoms with van der Waals surface area (Å²) in [7, 11) is -2.60. The summed E-state index contributed by atoms with van der Waals surface area (Å²) in [6, 6.07) is 10.2. The monoisotopic (exact) mass is 407 g/mol. The minimum Gasteiger partial charge on any atom is -0.482 e. The smallest absolute Gasteiger partial charge is 0.343 e. The van der Waals surface area contributed by atoms with Gasteiger partial charge in [0, 0.05) is 5.69 Å². The zero-order chi connectivity index (χ0) is 20.7. The van der Waals surface area contributed by atoms with Crippen LogP contribution in [0.15, 0.2) is 47.4 Å². The summed E-state index contributed by atoms with van der Waals surface area (Å²) in [5.41, 5.74) is 1.17. The first-order valence-corrected chi connectivity index (χ1v) is 9.85. The molecule has 150 valence electrons. The molecule has 0 spiro atoms. The lowest BCUT2D eigenvalue weighted by atomic mass is 10.2. The van der Waals surface area contributed by atoms with E-state index in [1.807, 2.05) is 0 Å². The van der Waals surface area contributed by atoms with Gasteiger partial charge in [-0.05, 0) is 61.9 Å². The van der Waals surface area contributed by atoms with Gasteiger partial charge in [-0.3, -0.25) is 4.72 Å². The number of esters is 2. The molecule has 0 aliphatic rings. The number of hydrogen-bond donors (Lipinski definition) is 1. The number of aryl methyl sites for hydroxylation is 1. The minimum atomic E-state index is -3.85. The van der Waals surface area contributed by atoms with E-state index in [4.69, 9.17) is 9.47 Å². The number of carbonyl (C=O) groups excluding carboxylic acids is 2. The normalized spacial score (nSPS) is 10.8. The molecule has 0 amide bonds. The van der Waals surface area contributed by atoms with Crippen molar-refractivity contribution in [2.24, 2.45) is 0 Å². The Labute approximate surface area is 163 Å². The Morgan fingerprint density at radius 2 is 1.75 bits per heavy atom. The van der Waals surface area contributed by atoms with E-state index in [9.17, 15) is 18.0 Å². The highest BCUT2D eigenvalue weighted by Gasteiger charge is 2.17. The molecule has 0 fully saturated rings. The molecule has 1 N–H and O–H groups in total. The summed E-state index contributed by atoms with van der Waals surface area (Å²) in [5, 5.41) is 0. The number of nitrogens with one attached hydrogen (secondary N) is 1. The summed E-state index contributed by atoms with van der Waals surface area (Å²) in [4.78, 5) is 22.8. The Morgan fingerprint density at radius 1 is 1.07 bits per heavy atom. The molecule has 0 heterocycles. The maximum atomic E-state index is 12.6. The van der Waals surface area contributed by atoms with Gasteiger partial charge in [0.25, 0.3) is 10.0 Å². The van der Waals surface area contributed by atoms with E-state index in [1.165, 1.54) is 49.6 Å². The average Bonchev–Trinajstić information content (AvgIpc) is 2.67. The standard InChI is InChI=1S/C19H21NO7S/c1-4-26-19(22)14-5-7-15(8-6-14)20-28(23,24)16-9-10-17(13(2)11-16)27-12-18(21)25-3/h5-11,20H,4,12H2,1-3H3. The molecule has 0 aliphatic carbocycles. The number of methoxy groups -OCH3 is 1. The fourth-order valence-electron chi connectivity index (χ4n) is 2.25. The summed E-state index contributed by atoms with van der Waals surface area (Å²) >= 11 is 0. The number of anilines is 1. The Bertz CT molecular complexity index is 953. The van der Waals surface area contributed by atoms with E-state index >= 15 is 0 Å². The Balaban J connectivity index is 2.13. The van der Waals surface area contributed by atoms with E-state index in [1.54, 1.807) is 13.8 Å². The molecule has 2 aromatic carbocycles. The molecular weight excluding hydrogens is 386 g/mol. The highest BCUT2D eigenvalue weighted by atomic mass is 32.2. The van der Waals surface area contributed by atoms with Crippen LogP contribution in [-0.2, 0) is 24.3 Å². The lowest BCUT2D eigenvalue weighted by Gasteiger charge is -2.12. The topological polar surface area (TPSA) is 108 Å². The van der Waals surface area contributed by atoms with Crippen LogP contribution < -0.4 is 9.46 Å². The van der Waals surface area contributed by atoms with Gasteiger partial charge in [-0.1, -0.05) is 0 Å². The Hall–Kier alpha value is -3.07. The van der Waals surface area contributed by atoms with Crippen molar-refractivity contribution in [3.05, 3.63) is 53.6 Å². The summed E-state index contributed by atoms with van der Waals surface area (Å²) < 4.78 is 42.3. The van der Waals surface area contributed by atoms with Crippen LogP contribution in [-0.4, -0.2) is 40.7 Å². The summed E-state index contributed by atoms with van der Waals surface area (Å²) in [6.45, 7) is 3.36.